The summed E-state index contributed by atoms with van der Waals surface area (Å²) in [6, 6.07) is 3.28. The van der Waals surface area contributed by atoms with Gasteiger partial charge in [-0.25, -0.2) is 0 Å². The number of hydrogen-bond donors (Lipinski definition) is 2. The van der Waals surface area contributed by atoms with Crippen LogP contribution in [0.2, 0.25) is 0 Å². The van der Waals surface area contributed by atoms with Gasteiger partial charge in [0.1, 0.15) is 5.69 Å². The highest BCUT2D eigenvalue weighted by atomic mass is 16.6. The van der Waals surface area contributed by atoms with E-state index in [1.807, 2.05) is 6.07 Å². The first-order valence-corrected chi connectivity index (χ1v) is 7.48. The minimum absolute atomic E-state index is 0.0320. The predicted octanol–water partition coefficient (Wildman–Crippen LogP) is 3.08. The first-order chi connectivity index (χ1) is 10.1. The third kappa shape index (κ3) is 2.99. The van der Waals surface area contributed by atoms with Crippen molar-refractivity contribution in [1.82, 2.24) is 0 Å². The molecule has 3 rings (SSSR count). The van der Waals surface area contributed by atoms with Gasteiger partial charge in [0.15, 0.2) is 0 Å². The molecule has 0 unspecified atom stereocenters. The number of nitro groups is 1. The Labute approximate surface area is 123 Å². The van der Waals surface area contributed by atoms with E-state index in [4.69, 9.17) is 0 Å². The third-order valence-electron chi connectivity index (χ3n) is 4.41. The lowest BCUT2D eigenvalue weighted by molar-refractivity contribution is -0.383. The van der Waals surface area contributed by atoms with Crippen LogP contribution in [0.3, 0.4) is 0 Å². The monoisotopic (exact) mass is 289 g/mol. The second kappa shape index (κ2) is 5.71. The summed E-state index contributed by atoms with van der Waals surface area (Å²) < 4.78 is 0. The summed E-state index contributed by atoms with van der Waals surface area (Å²) in [5, 5.41) is 17.1. The standard InChI is InChI=1S/C15H19N3O3/c19-15-5-4-11-8-13(16-7-6-10-2-1-3-10)14(18(20)21)9-12(11)17-15/h8-10,16H,1-7H2,(H,17,19). The number of carbonyl (C=O) groups excluding carboxylic acids is 1. The maximum absolute atomic E-state index is 11.4. The van der Waals surface area contributed by atoms with Gasteiger partial charge in [-0.05, 0) is 30.4 Å². The Bertz CT molecular complexity index is 582. The summed E-state index contributed by atoms with van der Waals surface area (Å²) in [6.45, 7) is 0.761. The van der Waals surface area contributed by atoms with Gasteiger partial charge in [-0.2, -0.15) is 0 Å². The highest BCUT2D eigenvalue weighted by Crippen LogP contribution is 2.35. The Hall–Kier alpha value is -2.11. The van der Waals surface area contributed by atoms with Crippen LogP contribution in [-0.2, 0) is 11.2 Å². The minimum atomic E-state index is -0.396. The molecule has 21 heavy (non-hydrogen) atoms. The molecule has 1 saturated carbocycles. The van der Waals surface area contributed by atoms with Crippen LogP contribution < -0.4 is 10.6 Å². The number of amides is 1. The molecule has 0 spiro atoms. The van der Waals surface area contributed by atoms with E-state index < -0.39 is 4.92 Å². The quantitative estimate of drug-likeness (QED) is 0.644. The largest absolute Gasteiger partial charge is 0.379 e. The van der Waals surface area contributed by atoms with E-state index in [1.54, 1.807) is 0 Å². The number of rotatable bonds is 5. The number of fused-ring (bicyclic) bond motifs is 1. The summed E-state index contributed by atoms with van der Waals surface area (Å²) >= 11 is 0. The molecule has 1 aliphatic heterocycles. The van der Waals surface area contributed by atoms with Crippen LogP contribution in [0.4, 0.5) is 17.1 Å². The zero-order chi connectivity index (χ0) is 14.8. The van der Waals surface area contributed by atoms with Crippen molar-refractivity contribution in [2.75, 3.05) is 17.2 Å². The summed E-state index contributed by atoms with van der Waals surface area (Å²) in [5.41, 5.74) is 2.13. The molecule has 0 aromatic heterocycles. The average Bonchev–Trinajstić information content (AvgIpc) is 2.40. The predicted molar refractivity (Wildman–Crippen MR) is 80.5 cm³/mol. The van der Waals surface area contributed by atoms with Crippen LogP contribution in [0.25, 0.3) is 0 Å². The molecular weight excluding hydrogens is 270 g/mol. The highest BCUT2D eigenvalue weighted by molar-refractivity contribution is 5.95. The Morgan fingerprint density at radius 1 is 1.33 bits per heavy atom. The van der Waals surface area contributed by atoms with Gasteiger partial charge in [-0.15, -0.1) is 0 Å². The normalized spacial score (nSPS) is 17.6. The van der Waals surface area contributed by atoms with E-state index in [9.17, 15) is 14.9 Å². The van der Waals surface area contributed by atoms with E-state index >= 15 is 0 Å². The number of anilines is 2. The second-order valence-corrected chi connectivity index (χ2v) is 5.84. The molecule has 0 atom stereocenters. The topological polar surface area (TPSA) is 84.3 Å². The number of nitro benzene ring substituents is 1. The first kappa shape index (κ1) is 13.9. The van der Waals surface area contributed by atoms with Gasteiger partial charge in [0.25, 0.3) is 5.69 Å². The van der Waals surface area contributed by atoms with E-state index in [0.717, 1.165) is 24.4 Å². The Balaban J connectivity index is 1.77. The van der Waals surface area contributed by atoms with E-state index in [0.29, 0.717) is 24.2 Å². The smallest absolute Gasteiger partial charge is 0.294 e. The zero-order valence-electron chi connectivity index (χ0n) is 11.9. The van der Waals surface area contributed by atoms with Gasteiger partial charge in [0.2, 0.25) is 5.91 Å². The van der Waals surface area contributed by atoms with Crippen LogP contribution in [0.5, 0.6) is 0 Å². The van der Waals surface area contributed by atoms with Gasteiger partial charge in [0.05, 0.1) is 10.6 Å². The number of nitrogens with one attached hydrogen (secondary N) is 2. The van der Waals surface area contributed by atoms with E-state index in [1.165, 1.54) is 25.3 Å². The van der Waals surface area contributed by atoms with Crippen LogP contribution in [0, 0.1) is 16.0 Å². The van der Waals surface area contributed by atoms with Crippen LogP contribution in [0.15, 0.2) is 12.1 Å². The summed E-state index contributed by atoms with van der Waals surface area (Å²) in [5.74, 6) is 0.691. The SMILES string of the molecule is O=C1CCc2cc(NCCC3CCC3)c([N+](=O)[O-])cc2N1. The fraction of sp³-hybridized carbons (Fsp3) is 0.533. The van der Waals surface area contributed by atoms with Gasteiger partial charge in [0, 0.05) is 19.0 Å². The Morgan fingerprint density at radius 2 is 2.14 bits per heavy atom. The molecule has 1 aromatic carbocycles. The fourth-order valence-corrected chi connectivity index (χ4v) is 2.90. The minimum Gasteiger partial charge on any atom is -0.379 e. The first-order valence-electron chi connectivity index (χ1n) is 7.48. The molecule has 1 aromatic rings. The summed E-state index contributed by atoms with van der Waals surface area (Å²) in [7, 11) is 0. The molecule has 1 aliphatic carbocycles. The summed E-state index contributed by atoms with van der Waals surface area (Å²) in [6.07, 6.45) is 6.00. The van der Waals surface area contributed by atoms with Crippen LogP contribution in [0.1, 0.15) is 37.7 Å². The maximum atomic E-state index is 11.4. The lowest BCUT2D eigenvalue weighted by atomic mass is 9.83. The molecule has 0 saturated heterocycles. The molecule has 0 radical (unpaired) electrons. The number of carbonyl (C=O) groups is 1. The molecule has 0 bridgehead atoms. The van der Waals surface area contributed by atoms with Crippen molar-refractivity contribution in [2.24, 2.45) is 5.92 Å². The van der Waals surface area contributed by atoms with Gasteiger partial charge >= 0.3 is 0 Å². The van der Waals surface area contributed by atoms with Crippen molar-refractivity contribution in [3.05, 3.63) is 27.8 Å². The summed E-state index contributed by atoms with van der Waals surface area (Å²) in [4.78, 5) is 22.2. The molecule has 2 aliphatic rings. The number of nitrogens with zero attached hydrogens (tertiary/aromatic N) is 1. The van der Waals surface area contributed by atoms with Crippen molar-refractivity contribution in [1.29, 1.82) is 0 Å². The van der Waals surface area contributed by atoms with Gasteiger partial charge in [-0.3, -0.25) is 14.9 Å². The van der Waals surface area contributed by atoms with Gasteiger partial charge in [-0.1, -0.05) is 19.3 Å². The van der Waals surface area contributed by atoms with Crippen LogP contribution >= 0.6 is 0 Å². The molecule has 112 valence electrons. The molecule has 6 heteroatoms. The lowest BCUT2D eigenvalue weighted by Crippen LogP contribution is -2.20. The molecule has 1 heterocycles. The molecule has 1 amide bonds. The van der Waals surface area contributed by atoms with Crippen molar-refractivity contribution in [3.8, 4) is 0 Å². The van der Waals surface area contributed by atoms with Crippen molar-refractivity contribution < 1.29 is 9.72 Å². The molecule has 1 fully saturated rings. The number of hydrogen-bond acceptors (Lipinski definition) is 4. The molecular formula is C15H19N3O3. The van der Waals surface area contributed by atoms with Crippen molar-refractivity contribution >= 4 is 23.0 Å². The second-order valence-electron chi connectivity index (χ2n) is 5.84. The molecule has 6 nitrogen and oxygen atoms in total. The zero-order valence-corrected chi connectivity index (χ0v) is 11.9. The van der Waals surface area contributed by atoms with Crippen LogP contribution in [-0.4, -0.2) is 17.4 Å². The number of aryl methyl sites for hydroxylation is 1. The van der Waals surface area contributed by atoms with E-state index in [2.05, 4.69) is 10.6 Å². The highest BCUT2D eigenvalue weighted by Gasteiger charge is 2.23. The average molecular weight is 289 g/mol. The van der Waals surface area contributed by atoms with Crippen molar-refractivity contribution in [3.63, 3.8) is 0 Å². The Kier molecular flexibility index (Phi) is 3.77. The van der Waals surface area contributed by atoms with Gasteiger partial charge < -0.3 is 10.6 Å². The van der Waals surface area contributed by atoms with E-state index in [-0.39, 0.29) is 11.6 Å². The number of benzene rings is 1. The lowest BCUT2D eigenvalue weighted by Gasteiger charge is -2.25. The third-order valence-corrected chi connectivity index (χ3v) is 4.41. The maximum Gasteiger partial charge on any atom is 0.294 e. The fourth-order valence-electron chi connectivity index (χ4n) is 2.90. The molecule has 2 N–H and O–H groups in total. The Morgan fingerprint density at radius 3 is 2.81 bits per heavy atom. The van der Waals surface area contributed by atoms with Crippen molar-refractivity contribution in [2.45, 2.75) is 38.5 Å².